The first-order valence-corrected chi connectivity index (χ1v) is 8.13. The number of anilines is 2. The van der Waals surface area contributed by atoms with Crippen LogP contribution >= 0.6 is 11.6 Å². The summed E-state index contributed by atoms with van der Waals surface area (Å²) in [4.78, 5) is 13.5. The minimum atomic E-state index is -0.948. The van der Waals surface area contributed by atoms with Crippen LogP contribution < -0.4 is 10.2 Å². The quantitative estimate of drug-likeness (QED) is 0.654. The van der Waals surface area contributed by atoms with Crippen LogP contribution in [0.2, 0.25) is 5.02 Å². The van der Waals surface area contributed by atoms with E-state index in [9.17, 15) is 9.90 Å². The highest BCUT2D eigenvalue weighted by Gasteiger charge is 2.42. The fraction of sp³-hybridized carbons (Fsp3) is 0.412. The largest absolute Gasteiger partial charge is 0.372 e. The van der Waals surface area contributed by atoms with E-state index < -0.39 is 6.23 Å². The van der Waals surface area contributed by atoms with Crippen LogP contribution in [0.5, 0.6) is 0 Å². The summed E-state index contributed by atoms with van der Waals surface area (Å²) in [5, 5.41) is 17.8. The molecule has 2 heterocycles. The Morgan fingerprint density at radius 1 is 1.38 bits per heavy atom. The standard InChI is InChI=1S/C17H20ClN3O3/c1-17(2,3)13-9-14(20-24-13)19-16(23)12-8-15(22)21(12)11-6-4-10(18)5-7-11/h4-7,9,12,16,23H,8H2,1-3H3,(H,19,20)/t12-,16?/m0/s1. The number of aromatic nitrogens is 1. The molecule has 1 unspecified atom stereocenters. The van der Waals surface area contributed by atoms with Gasteiger partial charge in [0.15, 0.2) is 5.82 Å². The number of benzene rings is 1. The zero-order valence-electron chi connectivity index (χ0n) is 13.8. The minimum Gasteiger partial charge on any atom is -0.372 e. The van der Waals surface area contributed by atoms with Crippen molar-refractivity contribution in [2.75, 3.05) is 10.2 Å². The van der Waals surface area contributed by atoms with Crippen molar-refractivity contribution >= 4 is 29.0 Å². The first kappa shape index (κ1) is 16.8. The first-order valence-electron chi connectivity index (χ1n) is 7.75. The molecule has 128 valence electrons. The molecule has 7 heteroatoms. The Kier molecular flexibility index (Phi) is 4.27. The van der Waals surface area contributed by atoms with E-state index in [1.165, 1.54) is 0 Å². The Morgan fingerprint density at radius 3 is 2.58 bits per heavy atom. The van der Waals surface area contributed by atoms with Crippen molar-refractivity contribution in [1.82, 2.24) is 5.16 Å². The molecule has 1 aromatic heterocycles. The van der Waals surface area contributed by atoms with E-state index in [2.05, 4.69) is 10.5 Å². The lowest BCUT2D eigenvalue weighted by atomic mass is 9.93. The molecule has 2 atom stereocenters. The van der Waals surface area contributed by atoms with Gasteiger partial charge in [0.1, 0.15) is 12.0 Å². The lowest BCUT2D eigenvalue weighted by Gasteiger charge is -2.42. The smallest absolute Gasteiger partial charge is 0.229 e. The van der Waals surface area contributed by atoms with Crippen molar-refractivity contribution in [2.24, 2.45) is 0 Å². The lowest BCUT2D eigenvalue weighted by molar-refractivity contribution is -0.125. The summed E-state index contributed by atoms with van der Waals surface area (Å²) in [6, 6.07) is 8.34. The Hall–Kier alpha value is -2.05. The van der Waals surface area contributed by atoms with Gasteiger partial charge in [0.05, 0.1) is 12.5 Å². The van der Waals surface area contributed by atoms with Gasteiger partial charge in [-0.25, -0.2) is 0 Å². The second kappa shape index (κ2) is 6.11. The third-order valence-corrected chi connectivity index (χ3v) is 4.25. The van der Waals surface area contributed by atoms with Crippen molar-refractivity contribution in [3.05, 3.63) is 41.1 Å². The molecule has 0 spiro atoms. The second-order valence-electron chi connectivity index (χ2n) is 6.93. The van der Waals surface area contributed by atoms with Gasteiger partial charge in [-0.05, 0) is 24.3 Å². The van der Waals surface area contributed by atoms with E-state index in [0.717, 1.165) is 5.76 Å². The van der Waals surface area contributed by atoms with E-state index in [4.69, 9.17) is 16.1 Å². The van der Waals surface area contributed by atoms with Gasteiger partial charge >= 0.3 is 0 Å². The molecule has 2 N–H and O–H groups in total. The zero-order chi connectivity index (χ0) is 17.5. The van der Waals surface area contributed by atoms with Crippen molar-refractivity contribution < 1.29 is 14.4 Å². The third kappa shape index (κ3) is 3.25. The SMILES string of the molecule is CC(C)(C)c1cc(NC(O)[C@@H]2CC(=O)N2c2ccc(Cl)cc2)no1. The van der Waals surface area contributed by atoms with Crippen LogP contribution in [0.1, 0.15) is 33.0 Å². The average Bonchev–Trinajstić information content (AvgIpc) is 2.95. The van der Waals surface area contributed by atoms with E-state index in [0.29, 0.717) is 16.5 Å². The maximum absolute atomic E-state index is 11.9. The van der Waals surface area contributed by atoms with Gasteiger partial charge in [-0.1, -0.05) is 37.5 Å². The van der Waals surface area contributed by atoms with E-state index in [1.54, 1.807) is 35.2 Å². The summed E-state index contributed by atoms with van der Waals surface area (Å²) in [6.07, 6.45) is -0.683. The van der Waals surface area contributed by atoms with E-state index in [-0.39, 0.29) is 23.8 Å². The summed E-state index contributed by atoms with van der Waals surface area (Å²) in [5.74, 6) is 1.12. The minimum absolute atomic E-state index is 0.0429. The van der Waals surface area contributed by atoms with Gasteiger partial charge in [0, 0.05) is 22.2 Å². The second-order valence-corrected chi connectivity index (χ2v) is 7.36. The molecule has 6 nitrogen and oxygen atoms in total. The van der Waals surface area contributed by atoms with Crippen LogP contribution in [0.15, 0.2) is 34.9 Å². The van der Waals surface area contributed by atoms with Crippen LogP contribution in [-0.4, -0.2) is 28.4 Å². The molecule has 0 saturated carbocycles. The Bertz CT molecular complexity index is 736. The topological polar surface area (TPSA) is 78.6 Å². The van der Waals surface area contributed by atoms with Crippen LogP contribution in [0, 0.1) is 0 Å². The maximum Gasteiger partial charge on any atom is 0.229 e. The Balaban J connectivity index is 1.70. The number of rotatable bonds is 4. The fourth-order valence-electron chi connectivity index (χ4n) is 2.58. The maximum atomic E-state index is 11.9. The molecule has 1 aliphatic heterocycles. The van der Waals surface area contributed by atoms with Crippen molar-refractivity contribution in [3.8, 4) is 0 Å². The number of carbonyl (C=O) groups is 1. The number of carbonyl (C=O) groups excluding carboxylic acids is 1. The summed E-state index contributed by atoms with van der Waals surface area (Å²) < 4.78 is 5.29. The predicted molar refractivity (Wildman–Crippen MR) is 92.2 cm³/mol. The van der Waals surface area contributed by atoms with Gasteiger partial charge in [0.25, 0.3) is 0 Å². The molecular formula is C17H20ClN3O3. The first-order chi connectivity index (χ1) is 11.3. The Morgan fingerprint density at radius 2 is 2.04 bits per heavy atom. The molecule has 2 aromatic rings. The number of amides is 1. The highest BCUT2D eigenvalue weighted by molar-refractivity contribution is 6.30. The van der Waals surface area contributed by atoms with Gasteiger partial charge < -0.3 is 19.8 Å². The van der Waals surface area contributed by atoms with Gasteiger partial charge in [-0.15, -0.1) is 0 Å². The fourth-order valence-corrected chi connectivity index (χ4v) is 2.70. The lowest BCUT2D eigenvalue weighted by Crippen LogP contribution is -2.60. The zero-order valence-corrected chi connectivity index (χ0v) is 14.5. The number of halogens is 1. The molecule has 1 aromatic carbocycles. The number of β-lactam (4-membered cyclic amide) rings is 1. The van der Waals surface area contributed by atoms with E-state index in [1.807, 2.05) is 20.8 Å². The third-order valence-electron chi connectivity index (χ3n) is 4.00. The average molecular weight is 350 g/mol. The van der Waals surface area contributed by atoms with Crippen molar-refractivity contribution in [1.29, 1.82) is 0 Å². The number of hydrogen-bond donors (Lipinski definition) is 2. The molecule has 0 radical (unpaired) electrons. The van der Waals surface area contributed by atoms with Crippen LogP contribution in [0.25, 0.3) is 0 Å². The van der Waals surface area contributed by atoms with E-state index >= 15 is 0 Å². The number of nitrogens with one attached hydrogen (secondary N) is 1. The molecule has 1 fully saturated rings. The Labute approximate surface area is 145 Å². The number of aliphatic hydroxyl groups is 1. The summed E-state index contributed by atoms with van der Waals surface area (Å²) >= 11 is 5.88. The molecular weight excluding hydrogens is 330 g/mol. The summed E-state index contributed by atoms with van der Waals surface area (Å²) in [7, 11) is 0. The number of hydrogen-bond acceptors (Lipinski definition) is 5. The number of nitrogens with zero attached hydrogens (tertiary/aromatic N) is 2. The van der Waals surface area contributed by atoms with Crippen LogP contribution in [-0.2, 0) is 10.2 Å². The van der Waals surface area contributed by atoms with Gasteiger partial charge in [0.2, 0.25) is 5.91 Å². The van der Waals surface area contributed by atoms with Crippen LogP contribution in [0.3, 0.4) is 0 Å². The molecule has 1 aliphatic rings. The van der Waals surface area contributed by atoms with Crippen LogP contribution in [0.4, 0.5) is 11.5 Å². The molecule has 24 heavy (non-hydrogen) atoms. The van der Waals surface area contributed by atoms with Gasteiger partial charge in [-0.3, -0.25) is 4.79 Å². The monoisotopic (exact) mass is 349 g/mol. The molecule has 3 rings (SSSR count). The molecule has 1 amide bonds. The normalized spacial score (nSPS) is 19.1. The van der Waals surface area contributed by atoms with Crippen molar-refractivity contribution in [2.45, 2.75) is 44.9 Å². The predicted octanol–water partition coefficient (Wildman–Crippen LogP) is 3.16. The molecule has 1 saturated heterocycles. The summed E-state index contributed by atoms with van der Waals surface area (Å²) in [6.45, 7) is 6.04. The van der Waals surface area contributed by atoms with Gasteiger partial charge in [-0.2, -0.15) is 0 Å². The summed E-state index contributed by atoms with van der Waals surface area (Å²) in [5.41, 5.74) is 0.539. The molecule has 0 bridgehead atoms. The highest BCUT2D eigenvalue weighted by Crippen LogP contribution is 2.31. The molecule has 0 aliphatic carbocycles. The number of aliphatic hydroxyl groups excluding tert-OH is 1. The van der Waals surface area contributed by atoms with Crippen molar-refractivity contribution in [3.63, 3.8) is 0 Å². The highest BCUT2D eigenvalue weighted by atomic mass is 35.5.